The minimum absolute atomic E-state index is 0.835. The van der Waals surface area contributed by atoms with E-state index in [2.05, 4.69) is 29.9 Å². The molecule has 0 radical (unpaired) electrons. The van der Waals surface area contributed by atoms with Gasteiger partial charge in [-0.05, 0) is 0 Å². The lowest BCUT2D eigenvalue weighted by atomic mass is 11.0. The average Bonchev–Trinajstić information content (AvgIpc) is 3.02. The van der Waals surface area contributed by atoms with Crippen LogP contribution in [0, 0.1) is 0 Å². The van der Waals surface area contributed by atoms with Gasteiger partial charge in [0.2, 0.25) is 0 Å². The number of nitrogens with zero attached hydrogens (tertiary/aromatic N) is 3. The van der Waals surface area contributed by atoms with Crippen molar-refractivity contribution in [3.63, 3.8) is 0 Å². The van der Waals surface area contributed by atoms with E-state index in [9.17, 15) is 0 Å². The van der Waals surface area contributed by atoms with Gasteiger partial charge < -0.3 is 15.0 Å². The van der Waals surface area contributed by atoms with Gasteiger partial charge in [-0.25, -0.2) is 15.0 Å². The van der Waals surface area contributed by atoms with Crippen LogP contribution in [0.2, 0.25) is 0 Å². The van der Waals surface area contributed by atoms with Crippen LogP contribution >= 0.6 is 7.92 Å². The highest BCUT2D eigenvalue weighted by Gasteiger charge is 2.23. The van der Waals surface area contributed by atoms with Crippen molar-refractivity contribution in [3.8, 4) is 0 Å². The lowest BCUT2D eigenvalue weighted by Crippen LogP contribution is -2.27. The van der Waals surface area contributed by atoms with Crippen LogP contribution in [0.4, 0.5) is 0 Å². The molecular formula is C9H9N6P. The van der Waals surface area contributed by atoms with Crippen molar-refractivity contribution in [1.29, 1.82) is 0 Å². The number of hydrogen-bond donors (Lipinski definition) is 3. The fraction of sp³-hybridized carbons (Fsp3) is 0. The summed E-state index contributed by atoms with van der Waals surface area (Å²) in [5.74, 6) is 0. The first-order chi connectivity index (χ1) is 7.95. The second kappa shape index (κ2) is 3.90. The van der Waals surface area contributed by atoms with E-state index in [1.165, 1.54) is 0 Å². The number of H-pyrrole nitrogens is 3. The van der Waals surface area contributed by atoms with Crippen LogP contribution in [0.25, 0.3) is 0 Å². The Bertz CT molecular complexity index is 445. The molecule has 7 heteroatoms. The number of nitrogens with one attached hydrogen (secondary N) is 3. The number of hydrogen-bond acceptors (Lipinski definition) is 3. The van der Waals surface area contributed by atoms with Crippen LogP contribution in [-0.4, -0.2) is 29.9 Å². The number of imidazole rings is 3. The highest BCUT2D eigenvalue weighted by Crippen LogP contribution is 2.26. The second-order valence-electron chi connectivity index (χ2n) is 3.07. The van der Waals surface area contributed by atoms with Gasteiger partial charge in [0.05, 0.1) is 0 Å². The number of aromatic nitrogens is 6. The lowest BCUT2D eigenvalue weighted by molar-refractivity contribution is 1.35. The monoisotopic (exact) mass is 232 g/mol. The van der Waals surface area contributed by atoms with E-state index in [4.69, 9.17) is 0 Å². The molecular weight excluding hydrogens is 223 g/mol. The molecule has 0 saturated heterocycles. The lowest BCUT2D eigenvalue weighted by Gasteiger charge is -2.08. The Labute approximate surface area is 92.3 Å². The normalized spacial score (nSPS) is 11.1. The summed E-state index contributed by atoms with van der Waals surface area (Å²) in [6.07, 6.45) is 10.6. The predicted octanol–water partition coefficient (Wildman–Crippen LogP) is -0.386. The Morgan fingerprint density at radius 1 is 0.688 bits per heavy atom. The standard InChI is InChI=1S/C9H9N6P/c1-2-11-7(10-1)16(8-12-3-4-13-8)9-14-5-6-15-9/h1-6H,(H,10,11)(H,12,13)(H,14,15). The van der Waals surface area contributed by atoms with Gasteiger partial charge >= 0.3 is 0 Å². The maximum atomic E-state index is 4.28. The molecule has 80 valence electrons. The molecule has 3 rings (SSSR count). The molecule has 0 fully saturated rings. The van der Waals surface area contributed by atoms with Crippen LogP contribution < -0.4 is 16.7 Å². The third kappa shape index (κ3) is 1.53. The summed E-state index contributed by atoms with van der Waals surface area (Å²) in [5, 5.41) is 0. The highest BCUT2D eigenvalue weighted by atomic mass is 31.1. The molecule has 3 aromatic heterocycles. The zero-order chi connectivity index (χ0) is 10.8. The first-order valence-corrected chi connectivity index (χ1v) is 6.07. The van der Waals surface area contributed by atoms with Gasteiger partial charge in [-0.1, -0.05) is 0 Å². The van der Waals surface area contributed by atoms with Gasteiger partial charge in [-0.3, -0.25) is 0 Å². The molecule has 6 nitrogen and oxygen atoms in total. The van der Waals surface area contributed by atoms with Crippen molar-refractivity contribution in [3.05, 3.63) is 37.2 Å². The molecule has 16 heavy (non-hydrogen) atoms. The summed E-state index contributed by atoms with van der Waals surface area (Å²) in [6, 6.07) is 0. The maximum Gasteiger partial charge on any atom is 0.144 e. The first kappa shape index (κ1) is 9.30. The van der Waals surface area contributed by atoms with Gasteiger partial charge in [0, 0.05) is 37.2 Å². The Morgan fingerprint density at radius 2 is 1.06 bits per heavy atom. The van der Waals surface area contributed by atoms with Crippen molar-refractivity contribution < 1.29 is 0 Å². The minimum atomic E-state index is -0.835. The topological polar surface area (TPSA) is 86.0 Å². The second-order valence-corrected chi connectivity index (χ2v) is 5.02. The van der Waals surface area contributed by atoms with Gasteiger partial charge in [-0.15, -0.1) is 0 Å². The van der Waals surface area contributed by atoms with E-state index in [-0.39, 0.29) is 0 Å². The maximum absolute atomic E-state index is 4.28. The van der Waals surface area contributed by atoms with Crippen LogP contribution in [-0.2, 0) is 0 Å². The van der Waals surface area contributed by atoms with Crippen LogP contribution in [0.5, 0.6) is 0 Å². The SMILES string of the molecule is c1c[nH]c(P(c2ncc[nH]2)c2ncc[nH]2)n1. The summed E-state index contributed by atoms with van der Waals surface area (Å²) in [4.78, 5) is 22.2. The fourth-order valence-corrected chi connectivity index (χ4v) is 3.20. The molecule has 3 heterocycles. The molecule has 0 aliphatic heterocycles. The Morgan fingerprint density at radius 3 is 1.31 bits per heavy atom. The first-order valence-electron chi connectivity index (χ1n) is 4.73. The van der Waals surface area contributed by atoms with E-state index in [0.29, 0.717) is 0 Å². The molecule has 3 N–H and O–H groups in total. The third-order valence-electron chi connectivity index (χ3n) is 2.09. The molecule has 0 spiro atoms. The fourth-order valence-electron chi connectivity index (χ4n) is 1.44. The highest BCUT2D eigenvalue weighted by molar-refractivity contribution is 7.78. The van der Waals surface area contributed by atoms with Crippen molar-refractivity contribution >= 4 is 24.6 Å². The van der Waals surface area contributed by atoms with Crippen molar-refractivity contribution in [2.45, 2.75) is 0 Å². The van der Waals surface area contributed by atoms with Gasteiger partial charge in [0.25, 0.3) is 0 Å². The van der Waals surface area contributed by atoms with E-state index in [1.807, 2.05) is 0 Å². The van der Waals surface area contributed by atoms with Gasteiger partial charge in [0.1, 0.15) is 24.6 Å². The number of aromatic amines is 3. The quantitative estimate of drug-likeness (QED) is 0.538. The Hall–Kier alpha value is -1.94. The number of rotatable bonds is 3. The Balaban J connectivity index is 2.09. The summed E-state index contributed by atoms with van der Waals surface area (Å²) in [6.45, 7) is 0. The zero-order valence-corrected chi connectivity index (χ0v) is 9.15. The van der Waals surface area contributed by atoms with E-state index >= 15 is 0 Å². The summed E-state index contributed by atoms with van der Waals surface area (Å²) < 4.78 is 0. The minimum Gasteiger partial charge on any atom is -0.344 e. The molecule has 0 aliphatic rings. The van der Waals surface area contributed by atoms with E-state index < -0.39 is 7.92 Å². The van der Waals surface area contributed by atoms with Crippen molar-refractivity contribution in [1.82, 2.24) is 29.9 Å². The molecule has 0 atom stereocenters. The van der Waals surface area contributed by atoms with Crippen LogP contribution in [0.15, 0.2) is 37.2 Å². The molecule has 0 aliphatic carbocycles. The predicted molar refractivity (Wildman–Crippen MR) is 61.6 cm³/mol. The summed E-state index contributed by atoms with van der Waals surface area (Å²) in [5.41, 5.74) is 2.62. The van der Waals surface area contributed by atoms with Crippen LogP contribution in [0.3, 0.4) is 0 Å². The molecule has 0 saturated carbocycles. The third-order valence-corrected chi connectivity index (χ3v) is 4.09. The van der Waals surface area contributed by atoms with Gasteiger partial charge in [-0.2, -0.15) is 0 Å². The van der Waals surface area contributed by atoms with Gasteiger partial charge in [0.15, 0.2) is 0 Å². The molecule has 0 aromatic carbocycles. The zero-order valence-electron chi connectivity index (χ0n) is 8.25. The molecule has 0 amide bonds. The summed E-state index contributed by atoms with van der Waals surface area (Å²) in [7, 11) is -0.835. The molecule has 3 aromatic rings. The molecule has 0 bridgehead atoms. The largest absolute Gasteiger partial charge is 0.344 e. The molecule has 0 unspecified atom stereocenters. The summed E-state index contributed by atoms with van der Waals surface area (Å²) >= 11 is 0. The van der Waals surface area contributed by atoms with E-state index in [1.54, 1.807) is 37.2 Å². The van der Waals surface area contributed by atoms with Crippen molar-refractivity contribution in [2.75, 3.05) is 0 Å². The smallest absolute Gasteiger partial charge is 0.144 e. The Kier molecular flexibility index (Phi) is 2.27. The van der Waals surface area contributed by atoms with E-state index in [0.717, 1.165) is 16.7 Å². The van der Waals surface area contributed by atoms with Crippen molar-refractivity contribution in [2.24, 2.45) is 0 Å². The van der Waals surface area contributed by atoms with Crippen LogP contribution in [0.1, 0.15) is 0 Å². The average molecular weight is 232 g/mol.